The van der Waals surface area contributed by atoms with E-state index in [-0.39, 0.29) is 17.6 Å². The Labute approximate surface area is 191 Å². The number of amides is 1. The van der Waals surface area contributed by atoms with Gasteiger partial charge in [-0.3, -0.25) is 9.36 Å². The number of imidazole rings is 1. The van der Waals surface area contributed by atoms with Gasteiger partial charge in [-0.15, -0.1) is 0 Å². The van der Waals surface area contributed by atoms with Crippen LogP contribution in [0.1, 0.15) is 17.7 Å². The van der Waals surface area contributed by atoms with E-state index in [1.54, 1.807) is 36.1 Å². The van der Waals surface area contributed by atoms with Crippen LogP contribution in [0, 0.1) is 18.7 Å². The summed E-state index contributed by atoms with van der Waals surface area (Å²) in [5.74, 6) is -0.184. The molecule has 33 heavy (non-hydrogen) atoms. The summed E-state index contributed by atoms with van der Waals surface area (Å²) >= 11 is 0. The number of methoxy groups -OCH3 is 1. The fourth-order valence-electron chi connectivity index (χ4n) is 3.52. The molecule has 1 fully saturated rings. The van der Waals surface area contributed by atoms with Crippen LogP contribution in [0.4, 0.5) is 8.78 Å². The van der Waals surface area contributed by atoms with Crippen LogP contribution in [0.5, 0.6) is 5.88 Å². The first-order valence-electron chi connectivity index (χ1n) is 10.6. The maximum atomic E-state index is 14.6. The Morgan fingerprint density at radius 3 is 2.58 bits per heavy atom. The fraction of sp³-hybridized carbons (Fsp3) is 0.348. The Morgan fingerprint density at radius 1 is 1.27 bits per heavy atom. The molecule has 1 saturated heterocycles. The molecule has 1 atom stereocenters. The van der Waals surface area contributed by atoms with Gasteiger partial charge in [-0.25, -0.2) is 14.4 Å². The van der Waals surface area contributed by atoms with Crippen molar-refractivity contribution in [2.75, 3.05) is 26.7 Å². The van der Waals surface area contributed by atoms with Crippen molar-refractivity contribution in [3.8, 4) is 23.0 Å². The molecular weight excluding hydrogens is 430 g/mol. The van der Waals surface area contributed by atoms with Crippen molar-refractivity contribution in [1.29, 1.82) is 0 Å². The number of aromatic nitrogens is 3. The average molecular weight is 459 g/mol. The first kappa shape index (κ1) is 24.3. The fourth-order valence-corrected chi connectivity index (χ4v) is 3.52. The number of rotatable bonds is 6. The highest BCUT2D eigenvalue weighted by molar-refractivity contribution is 5.60. The summed E-state index contributed by atoms with van der Waals surface area (Å²) in [6, 6.07) is 8.22. The molecule has 1 amide bonds. The Morgan fingerprint density at radius 2 is 2.06 bits per heavy atom. The number of aryl methyl sites for hydroxylation is 1. The van der Waals surface area contributed by atoms with Crippen molar-refractivity contribution in [1.82, 2.24) is 19.4 Å². The molecule has 1 unspecified atom stereocenters. The molecule has 3 aromatic rings. The van der Waals surface area contributed by atoms with Crippen LogP contribution in [0.2, 0.25) is 0 Å². The average Bonchev–Trinajstić information content (AvgIpc) is 3.38. The highest BCUT2D eigenvalue weighted by atomic mass is 19.1. The molecule has 1 aliphatic rings. The zero-order valence-corrected chi connectivity index (χ0v) is 18.7. The van der Waals surface area contributed by atoms with E-state index in [0.717, 1.165) is 25.9 Å². The highest BCUT2D eigenvalue weighted by Crippen LogP contribution is 2.27. The van der Waals surface area contributed by atoms with Crippen molar-refractivity contribution in [3.05, 3.63) is 59.6 Å². The molecule has 1 aliphatic heterocycles. The minimum atomic E-state index is -0.520. The number of nitrogens with two attached hydrogens (primary N) is 2. The summed E-state index contributed by atoms with van der Waals surface area (Å²) in [5.41, 5.74) is 12.7. The molecule has 176 valence electrons. The van der Waals surface area contributed by atoms with Crippen LogP contribution < -0.4 is 16.2 Å². The minimum Gasteiger partial charge on any atom is -0.481 e. The van der Waals surface area contributed by atoms with Gasteiger partial charge in [0.05, 0.1) is 24.7 Å². The predicted molar refractivity (Wildman–Crippen MR) is 121 cm³/mol. The van der Waals surface area contributed by atoms with Gasteiger partial charge >= 0.3 is 0 Å². The van der Waals surface area contributed by atoms with Gasteiger partial charge < -0.3 is 21.1 Å². The third-order valence-electron chi connectivity index (χ3n) is 5.30. The number of benzene rings is 1. The van der Waals surface area contributed by atoms with Crippen molar-refractivity contribution in [3.63, 3.8) is 0 Å². The third kappa shape index (κ3) is 5.71. The molecule has 4 N–H and O–H groups in total. The van der Waals surface area contributed by atoms with Gasteiger partial charge in [0.2, 0.25) is 18.2 Å². The van der Waals surface area contributed by atoms with Gasteiger partial charge in [-0.1, -0.05) is 12.1 Å². The molecular formula is C23H28F2N6O2. The topological polar surface area (TPSA) is 112 Å². The molecule has 0 spiro atoms. The number of halogens is 2. The van der Waals surface area contributed by atoms with E-state index in [4.69, 9.17) is 16.2 Å². The number of nitrogens with zero attached hydrogens (tertiary/aromatic N) is 4. The predicted octanol–water partition coefficient (Wildman–Crippen LogP) is 2.21. The molecule has 0 aliphatic carbocycles. The van der Waals surface area contributed by atoms with E-state index in [1.165, 1.54) is 23.9 Å². The lowest BCUT2D eigenvalue weighted by atomic mass is 10.1. The van der Waals surface area contributed by atoms with Crippen molar-refractivity contribution < 1.29 is 18.3 Å². The summed E-state index contributed by atoms with van der Waals surface area (Å²) in [7, 11) is 1.50. The lowest BCUT2D eigenvalue weighted by molar-refractivity contribution is -0.117. The first-order valence-corrected chi connectivity index (χ1v) is 10.6. The van der Waals surface area contributed by atoms with E-state index in [0.29, 0.717) is 41.5 Å². The minimum absolute atomic E-state index is 0.220. The normalized spacial score (nSPS) is 15.2. The Bertz CT molecular complexity index is 1090. The van der Waals surface area contributed by atoms with Crippen molar-refractivity contribution >= 4 is 6.41 Å². The van der Waals surface area contributed by atoms with E-state index in [2.05, 4.69) is 9.97 Å². The summed E-state index contributed by atoms with van der Waals surface area (Å²) in [6.07, 6.45) is 3.73. The second-order valence-electron chi connectivity index (χ2n) is 7.70. The van der Waals surface area contributed by atoms with Crippen molar-refractivity contribution in [2.45, 2.75) is 25.8 Å². The SMILES string of the molecule is COc1ccc(-n2c(-c3ccc(CCN)c(F)c3)nc(C)c2F)cn1.NC1CCN(C=O)C1. The first-order chi connectivity index (χ1) is 15.9. The number of hydrogen-bond donors (Lipinski definition) is 2. The van der Waals surface area contributed by atoms with Crippen LogP contribution in [0.3, 0.4) is 0 Å². The second kappa shape index (κ2) is 11.0. The molecule has 2 aromatic heterocycles. The quantitative estimate of drug-likeness (QED) is 0.548. The standard InChI is InChI=1S/C18H18F2N4O.C5H10N2O/c1-11-17(20)24(14-5-6-16(25-2)22-10-14)18(23-11)13-4-3-12(7-8-21)15(19)9-13;6-5-1-2-7(3-5)4-8/h3-6,9-10H,7-8,21H2,1-2H3;4-5H,1-3,6H2. The lowest BCUT2D eigenvalue weighted by Crippen LogP contribution is -2.25. The maximum absolute atomic E-state index is 14.6. The molecule has 0 bridgehead atoms. The monoisotopic (exact) mass is 458 g/mol. The Kier molecular flexibility index (Phi) is 8.07. The summed E-state index contributed by atoms with van der Waals surface area (Å²) < 4.78 is 35.2. The molecule has 10 heteroatoms. The van der Waals surface area contributed by atoms with Crippen molar-refractivity contribution in [2.24, 2.45) is 11.5 Å². The number of hydrogen-bond acceptors (Lipinski definition) is 6. The number of likely N-dealkylation sites (tertiary alicyclic amines) is 1. The van der Waals surface area contributed by atoms with Crippen LogP contribution in [-0.2, 0) is 11.2 Å². The molecule has 1 aromatic carbocycles. The molecule has 3 heterocycles. The second-order valence-corrected chi connectivity index (χ2v) is 7.70. The summed E-state index contributed by atoms with van der Waals surface area (Å²) in [4.78, 5) is 20.1. The third-order valence-corrected chi connectivity index (χ3v) is 5.30. The molecule has 0 saturated carbocycles. The van der Waals surface area contributed by atoms with Crippen LogP contribution in [0.15, 0.2) is 36.5 Å². The van der Waals surface area contributed by atoms with Gasteiger partial charge in [-0.05, 0) is 44.0 Å². The van der Waals surface area contributed by atoms with Gasteiger partial charge in [-0.2, -0.15) is 4.39 Å². The number of carbonyl (C=O) groups is 1. The highest BCUT2D eigenvalue weighted by Gasteiger charge is 2.19. The number of pyridine rings is 1. The molecule has 8 nitrogen and oxygen atoms in total. The van der Waals surface area contributed by atoms with Crippen LogP contribution in [-0.4, -0.2) is 58.6 Å². The maximum Gasteiger partial charge on any atom is 0.221 e. The van der Waals surface area contributed by atoms with E-state index >= 15 is 0 Å². The smallest absolute Gasteiger partial charge is 0.221 e. The Balaban J connectivity index is 0.000000323. The zero-order valence-electron chi connectivity index (χ0n) is 18.7. The van der Waals surface area contributed by atoms with E-state index < -0.39 is 5.95 Å². The lowest BCUT2D eigenvalue weighted by Gasteiger charge is -2.10. The molecule has 4 rings (SSSR count). The summed E-state index contributed by atoms with van der Waals surface area (Å²) in [6.45, 7) is 3.50. The van der Waals surface area contributed by atoms with Crippen LogP contribution >= 0.6 is 0 Å². The Hall–Kier alpha value is -3.37. The van der Waals surface area contributed by atoms with Gasteiger partial charge in [0.25, 0.3) is 0 Å². The number of carbonyl (C=O) groups excluding carboxylic acids is 1. The number of ether oxygens (including phenoxy) is 1. The van der Waals surface area contributed by atoms with Gasteiger partial charge in [0.15, 0.2) is 0 Å². The van der Waals surface area contributed by atoms with Gasteiger partial charge in [0, 0.05) is 30.8 Å². The zero-order chi connectivity index (χ0) is 24.0. The largest absolute Gasteiger partial charge is 0.481 e. The molecule has 0 radical (unpaired) electrons. The van der Waals surface area contributed by atoms with Crippen LogP contribution in [0.25, 0.3) is 17.1 Å². The summed E-state index contributed by atoms with van der Waals surface area (Å²) in [5, 5.41) is 0. The van der Waals surface area contributed by atoms with Gasteiger partial charge in [0.1, 0.15) is 11.6 Å². The van der Waals surface area contributed by atoms with E-state index in [9.17, 15) is 13.6 Å². The van der Waals surface area contributed by atoms with E-state index in [1.807, 2.05) is 0 Å².